The Morgan fingerprint density at radius 2 is 2.06 bits per heavy atom. The molecule has 0 saturated heterocycles. The molecule has 4 heteroatoms. The van der Waals surface area contributed by atoms with E-state index in [0.29, 0.717) is 6.04 Å². The van der Waals surface area contributed by atoms with Crippen molar-refractivity contribution in [2.75, 3.05) is 6.54 Å². The quantitative estimate of drug-likeness (QED) is 0.328. The van der Waals surface area contributed by atoms with Gasteiger partial charge in [-0.05, 0) is 30.4 Å². The first-order valence-electron chi connectivity index (χ1n) is 6.23. The molecule has 3 N–H and O–H groups in total. The van der Waals surface area contributed by atoms with Crippen LogP contribution in [-0.4, -0.2) is 23.4 Å². The molecular formula is C13H18N4. The van der Waals surface area contributed by atoms with Crippen LogP contribution in [0.4, 0.5) is 0 Å². The van der Waals surface area contributed by atoms with Gasteiger partial charge < -0.3 is 4.90 Å². The van der Waals surface area contributed by atoms with Crippen molar-refractivity contribution in [3.8, 4) is 0 Å². The van der Waals surface area contributed by atoms with Crippen LogP contribution in [0.2, 0.25) is 0 Å². The summed E-state index contributed by atoms with van der Waals surface area (Å²) in [6, 6.07) is 9.09. The van der Waals surface area contributed by atoms with Gasteiger partial charge in [0.05, 0.1) is 6.04 Å². The number of nitrogens with one attached hydrogen (secondary N) is 1. The predicted molar refractivity (Wildman–Crippen MR) is 68.3 cm³/mol. The van der Waals surface area contributed by atoms with Gasteiger partial charge in [-0.25, -0.2) is 10.8 Å². The number of hydrazine groups is 1. The molecule has 17 heavy (non-hydrogen) atoms. The largest absolute Gasteiger partial charge is 0.337 e. The minimum Gasteiger partial charge on any atom is -0.337 e. The van der Waals surface area contributed by atoms with Crippen LogP contribution >= 0.6 is 0 Å². The summed E-state index contributed by atoms with van der Waals surface area (Å²) in [4.78, 5) is 6.85. The summed E-state index contributed by atoms with van der Waals surface area (Å²) in [6.07, 6.45) is 3.48. The third-order valence-electron chi connectivity index (χ3n) is 3.41. The Bertz CT molecular complexity index is 437. The molecule has 0 amide bonds. The number of benzene rings is 1. The molecule has 0 atom stereocenters. The molecule has 0 radical (unpaired) electrons. The molecule has 0 bridgehead atoms. The van der Waals surface area contributed by atoms with Crippen LogP contribution < -0.4 is 11.3 Å². The van der Waals surface area contributed by atoms with Crippen LogP contribution in [0, 0.1) is 0 Å². The van der Waals surface area contributed by atoms with E-state index in [1.165, 1.54) is 24.0 Å². The minimum absolute atomic E-state index is 0.498. The Hall–Kier alpha value is -1.55. The number of nitrogens with zero attached hydrogens (tertiary/aromatic N) is 2. The summed E-state index contributed by atoms with van der Waals surface area (Å²) in [5.41, 5.74) is 5.59. The van der Waals surface area contributed by atoms with Gasteiger partial charge in [-0.2, -0.15) is 0 Å². The van der Waals surface area contributed by atoms with Gasteiger partial charge in [0.1, 0.15) is 0 Å². The first-order chi connectivity index (χ1) is 8.36. The van der Waals surface area contributed by atoms with Gasteiger partial charge in [-0.15, -0.1) is 0 Å². The normalized spacial score (nSPS) is 20.1. The van der Waals surface area contributed by atoms with Gasteiger partial charge in [0.15, 0.2) is 0 Å². The zero-order chi connectivity index (χ0) is 11.7. The summed E-state index contributed by atoms with van der Waals surface area (Å²) in [6.45, 7) is 1.90. The second-order valence-corrected chi connectivity index (χ2v) is 4.77. The van der Waals surface area contributed by atoms with Gasteiger partial charge >= 0.3 is 0 Å². The summed E-state index contributed by atoms with van der Waals surface area (Å²) >= 11 is 0. The standard InChI is InChI=1S/C13H18N4/c14-16-13(15-12-5-6-12)17-8-7-10-3-1-2-4-11(10)9-17/h1-4,12H,5-9,14H2,(H,15,16). The average Bonchev–Trinajstić information content (AvgIpc) is 3.19. The fourth-order valence-electron chi connectivity index (χ4n) is 2.26. The first kappa shape index (κ1) is 10.6. The fraction of sp³-hybridized carbons (Fsp3) is 0.462. The van der Waals surface area contributed by atoms with Crippen molar-refractivity contribution in [2.45, 2.75) is 31.8 Å². The van der Waals surface area contributed by atoms with Crippen molar-refractivity contribution < 1.29 is 0 Å². The maximum atomic E-state index is 5.58. The van der Waals surface area contributed by atoms with Crippen molar-refractivity contribution in [3.05, 3.63) is 35.4 Å². The molecule has 1 saturated carbocycles. The van der Waals surface area contributed by atoms with Crippen LogP contribution in [0.15, 0.2) is 29.3 Å². The molecule has 3 rings (SSSR count). The molecule has 2 aliphatic rings. The van der Waals surface area contributed by atoms with E-state index in [1.807, 2.05) is 0 Å². The predicted octanol–water partition coefficient (Wildman–Crippen LogP) is 1.03. The van der Waals surface area contributed by atoms with Crippen molar-refractivity contribution >= 4 is 5.96 Å². The summed E-state index contributed by atoms with van der Waals surface area (Å²) < 4.78 is 0. The highest BCUT2D eigenvalue weighted by molar-refractivity contribution is 5.80. The van der Waals surface area contributed by atoms with Crippen molar-refractivity contribution in [1.29, 1.82) is 0 Å². The molecule has 1 aromatic carbocycles. The topological polar surface area (TPSA) is 53.6 Å². The highest BCUT2D eigenvalue weighted by Gasteiger charge is 2.24. The van der Waals surface area contributed by atoms with Crippen molar-refractivity contribution in [2.24, 2.45) is 10.8 Å². The van der Waals surface area contributed by atoms with Gasteiger partial charge in [-0.3, -0.25) is 5.43 Å². The average molecular weight is 230 g/mol. The monoisotopic (exact) mass is 230 g/mol. The van der Waals surface area contributed by atoms with E-state index < -0.39 is 0 Å². The highest BCUT2D eigenvalue weighted by atomic mass is 15.4. The lowest BCUT2D eigenvalue weighted by molar-refractivity contribution is 0.378. The Balaban J connectivity index is 1.78. The molecule has 1 aliphatic heterocycles. The number of hydrogen-bond donors (Lipinski definition) is 2. The van der Waals surface area contributed by atoms with Crippen LogP contribution in [0.25, 0.3) is 0 Å². The molecule has 0 aromatic heterocycles. The van der Waals surface area contributed by atoms with E-state index in [4.69, 9.17) is 5.84 Å². The van der Waals surface area contributed by atoms with Crippen molar-refractivity contribution in [3.63, 3.8) is 0 Å². The third kappa shape index (κ3) is 2.26. The van der Waals surface area contributed by atoms with Crippen LogP contribution in [0.3, 0.4) is 0 Å². The van der Waals surface area contributed by atoms with E-state index in [0.717, 1.165) is 25.5 Å². The molecule has 1 heterocycles. The zero-order valence-electron chi connectivity index (χ0n) is 9.89. The zero-order valence-corrected chi connectivity index (χ0v) is 9.89. The molecular weight excluding hydrogens is 212 g/mol. The van der Waals surface area contributed by atoms with E-state index >= 15 is 0 Å². The third-order valence-corrected chi connectivity index (χ3v) is 3.41. The maximum Gasteiger partial charge on any atom is 0.208 e. The molecule has 0 spiro atoms. The second kappa shape index (κ2) is 4.37. The van der Waals surface area contributed by atoms with Crippen LogP contribution in [0.5, 0.6) is 0 Å². The van der Waals surface area contributed by atoms with E-state index in [-0.39, 0.29) is 0 Å². The highest BCUT2D eigenvalue weighted by Crippen LogP contribution is 2.25. The van der Waals surface area contributed by atoms with Gasteiger partial charge in [0, 0.05) is 13.1 Å². The summed E-state index contributed by atoms with van der Waals surface area (Å²) in [5, 5.41) is 0. The van der Waals surface area contributed by atoms with Gasteiger partial charge in [0.2, 0.25) is 5.96 Å². The summed E-state index contributed by atoms with van der Waals surface area (Å²) in [7, 11) is 0. The number of hydrogen-bond acceptors (Lipinski definition) is 2. The Morgan fingerprint density at radius 3 is 2.76 bits per heavy atom. The Morgan fingerprint density at radius 1 is 1.29 bits per heavy atom. The van der Waals surface area contributed by atoms with Crippen LogP contribution in [0.1, 0.15) is 24.0 Å². The maximum absolute atomic E-state index is 5.58. The smallest absolute Gasteiger partial charge is 0.208 e. The van der Waals surface area contributed by atoms with Gasteiger partial charge in [0.25, 0.3) is 0 Å². The number of rotatable bonds is 1. The molecule has 1 fully saturated rings. The molecule has 4 nitrogen and oxygen atoms in total. The Kier molecular flexibility index (Phi) is 2.73. The van der Waals surface area contributed by atoms with Crippen LogP contribution in [-0.2, 0) is 13.0 Å². The number of guanidine groups is 1. The molecule has 90 valence electrons. The lowest BCUT2D eigenvalue weighted by Gasteiger charge is -2.30. The fourth-order valence-corrected chi connectivity index (χ4v) is 2.26. The number of fused-ring (bicyclic) bond motifs is 1. The second-order valence-electron chi connectivity index (χ2n) is 4.77. The van der Waals surface area contributed by atoms with E-state index in [9.17, 15) is 0 Å². The number of nitrogens with two attached hydrogens (primary N) is 1. The van der Waals surface area contributed by atoms with Crippen molar-refractivity contribution in [1.82, 2.24) is 10.3 Å². The number of aliphatic imine (C=N–C) groups is 1. The lowest BCUT2D eigenvalue weighted by Crippen LogP contribution is -2.47. The lowest BCUT2D eigenvalue weighted by atomic mass is 10.0. The van der Waals surface area contributed by atoms with E-state index in [1.54, 1.807) is 0 Å². The molecule has 0 unspecified atom stereocenters. The van der Waals surface area contributed by atoms with Gasteiger partial charge in [-0.1, -0.05) is 24.3 Å². The summed E-state index contributed by atoms with van der Waals surface area (Å²) in [5.74, 6) is 6.43. The minimum atomic E-state index is 0.498. The molecule has 1 aromatic rings. The first-order valence-corrected chi connectivity index (χ1v) is 6.23. The van der Waals surface area contributed by atoms with E-state index in [2.05, 4.69) is 39.6 Å². The Labute approximate surface area is 101 Å². The SMILES string of the molecule is NNC(=NC1CC1)N1CCc2ccccc2C1. The molecule has 1 aliphatic carbocycles.